The minimum atomic E-state index is -1.67. The van der Waals surface area contributed by atoms with Crippen LogP contribution in [-0.4, -0.2) is 51.0 Å². The molecule has 1 aliphatic heterocycles. The summed E-state index contributed by atoms with van der Waals surface area (Å²) in [6.07, 6.45) is -5.81. The number of aliphatic carboxylic acids is 1. The van der Waals surface area contributed by atoms with Crippen molar-refractivity contribution in [3.63, 3.8) is 0 Å². The van der Waals surface area contributed by atoms with Gasteiger partial charge >= 0.3 is 5.97 Å². The van der Waals surface area contributed by atoms with Crippen molar-refractivity contribution in [1.29, 1.82) is 0 Å². The van der Waals surface area contributed by atoms with Gasteiger partial charge in [-0.1, -0.05) is 20.8 Å². The molecule has 0 radical (unpaired) electrons. The molecule has 0 aromatic heterocycles. The maximum absolute atomic E-state index is 11.0. The first kappa shape index (κ1) is 13.4. The van der Waals surface area contributed by atoms with Gasteiger partial charge in [0.25, 0.3) is 0 Å². The van der Waals surface area contributed by atoms with Crippen LogP contribution in [0.2, 0.25) is 0 Å². The molecule has 0 aromatic carbocycles. The second-order valence-corrected chi connectivity index (χ2v) is 5.16. The fourth-order valence-electron chi connectivity index (χ4n) is 2.05. The molecule has 4 N–H and O–H groups in total. The lowest BCUT2D eigenvalue weighted by molar-refractivity contribution is -0.280. The van der Waals surface area contributed by atoms with Gasteiger partial charge in [-0.2, -0.15) is 0 Å². The number of carboxylic acid groups (broad SMARTS) is 1. The van der Waals surface area contributed by atoms with Gasteiger partial charge in [0, 0.05) is 5.92 Å². The zero-order valence-electron chi connectivity index (χ0n) is 9.49. The Bertz CT molecular complexity index is 271. The van der Waals surface area contributed by atoms with Crippen LogP contribution in [-0.2, 0) is 9.53 Å². The van der Waals surface area contributed by atoms with E-state index in [1.54, 1.807) is 20.8 Å². The predicted molar refractivity (Wildman–Crippen MR) is 53.5 cm³/mol. The van der Waals surface area contributed by atoms with Gasteiger partial charge < -0.3 is 25.2 Å². The van der Waals surface area contributed by atoms with Crippen molar-refractivity contribution >= 4 is 5.97 Å². The highest BCUT2D eigenvalue weighted by molar-refractivity contribution is 5.73. The van der Waals surface area contributed by atoms with E-state index < -0.39 is 41.9 Å². The molecule has 0 bridgehead atoms. The number of ether oxygens (including phenoxy) is 1. The molecule has 5 atom stereocenters. The summed E-state index contributed by atoms with van der Waals surface area (Å²) < 4.78 is 4.82. The molecule has 0 amide bonds. The van der Waals surface area contributed by atoms with Crippen molar-refractivity contribution in [3.05, 3.63) is 0 Å². The summed E-state index contributed by atoms with van der Waals surface area (Å²) in [4.78, 5) is 11.0. The maximum atomic E-state index is 11.0. The Morgan fingerprint density at radius 2 is 1.62 bits per heavy atom. The lowest BCUT2D eigenvalue weighted by Gasteiger charge is -2.45. The number of hydrogen-bond acceptors (Lipinski definition) is 5. The molecule has 1 heterocycles. The average Bonchev–Trinajstić information content (AvgIpc) is 2.10. The van der Waals surface area contributed by atoms with Crippen molar-refractivity contribution in [2.24, 2.45) is 11.3 Å². The molecule has 5 unspecified atom stereocenters. The Kier molecular flexibility index (Phi) is 3.59. The first-order valence-corrected chi connectivity index (χ1v) is 5.08. The lowest BCUT2D eigenvalue weighted by Crippen LogP contribution is -2.60. The zero-order valence-corrected chi connectivity index (χ0v) is 9.49. The molecule has 1 saturated heterocycles. The molecular weight excluding hydrogens is 216 g/mol. The quantitative estimate of drug-likeness (QED) is 0.472. The summed E-state index contributed by atoms with van der Waals surface area (Å²) >= 11 is 0. The van der Waals surface area contributed by atoms with Gasteiger partial charge in [-0.25, -0.2) is 4.79 Å². The van der Waals surface area contributed by atoms with Gasteiger partial charge in [-0.15, -0.1) is 0 Å². The molecule has 0 saturated carbocycles. The number of aliphatic hydroxyl groups is 3. The Morgan fingerprint density at radius 3 is 2.00 bits per heavy atom. The van der Waals surface area contributed by atoms with Crippen LogP contribution in [0.25, 0.3) is 0 Å². The van der Waals surface area contributed by atoms with Crippen molar-refractivity contribution in [1.82, 2.24) is 0 Å². The van der Waals surface area contributed by atoms with Crippen LogP contribution < -0.4 is 0 Å². The fourth-order valence-corrected chi connectivity index (χ4v) is 2.05. The minimum Gasteiger partial charge on any atom is -0.479 e. The standard InChI is InChI=1S/C10H18O6/c1-10(2,3)4-5(11)6(12)9(15)16-7(4)8(13)14/h4-7,9,11-12,15H,1-3H3,(H,13,14). The number of hydrogen-bond donors (Lipinski definition) is 4. The van der Waals surface area contributed by atoms with Gasteiger partial charge in [0.1, 0.15) is 6.10 Å². The van der Waals surface area contributed by atoms with E-state index >= 15 is 0 Å². The van der Waals surface area contributed by atoms with Crippen molar-refractivity contribution in [2.75, 3.05) is 0 Å². The normalized spacial score (nSPS) is 40.8. The van der Waals surface area contributed by atoms with Crippen LogP contribution in [0.4, 0.5) is 0 Å². The second-order valence-electron chi connectivity index (χ2n) is 5.16. The smallest absolute Gasteiger partial charge is 0.333 e. The number of carbonyl (C=O) groups is 1. The molecule has 1 rings (SSSR count). The highest BCUT2D eigenvalue weighted by Gasteiger charge is 2.51. The summed E-state index contributed by atoms with van der Waals surface area (Å²) in [5, 5.41) is 37.5. The van der Waals surface area contributed by atoms with E-state index in [0.717, 1.165) is 0 Å². The molecule has 16 heavy (non-hydrogen) atoms. The molecule has 6 nitrogen and oxygen atoms in total. The maximum Gasteiger partial charge on any atom is 0.333 e. The molecule has 0 aliphatic carbocycles. The monoisotopic (exact) mass is 234 g/mol. The Labute approximate surface area is 93.5 Å². The van der Waals surface area contributed by atoms with Gasteiger partial charge in [0.2, 0.25) is 0 Å². The largest absolute Gasteiger partial charge is 0.479 e. The molecular formula is C10H18O6. The summed E-state index contributed by atoms with van der Waals surface area (Å²) in [5.41, 5.74) is -0.566. The van der Waals surface area contributed by atoms with Crippen LogP contribution >= 0.6 is 0 Å². The third-order valence-corrected chi connectivity index (χ3v) is 2.87. The third kappa shape index (κ3) is 2.35. The third-order valence-electron chi connectivity index (χ3n) is 2.87. The van der Waals surface area contributed by atoms with E-state index in [2.05, 4.69) is 0 Å². The number of aliphatic hydroxyl groups excluding tert-OH is 3. The zero-order chi connectivity index (χ0) is 12.7. The molecule has 1 fully saturated rings. The molecule has 6 heteroatoms. The Morgan fingerprint density at radius 1 is 1.12 bits per heavy atom. The second kappa shape index (κ2) is 4.29. The summed E-state index contributed by atoms with van der Waals surface area (Å²) in [7, 11) is 0. The van der Waals surface area contributed by atoms with Crippen LogP contribution in [0.5, 0.6) is 0 Å². The van der Waals surface area contributed by atoms with Crippen LogP contribution in [0.15, 0.2) is 0 Å². The number of carboxylic acids is 1. The molecule has 1 aliphatic rings. The van der Waals surface area contributed by atoms with Gasteiger partial charge in [0.15, 0.2) is 12.4 Å². The SMILES string of the molecule is CC(C)(C)C1C(C(=O)O)OC(O)C(O)C1O. The summed E-state index contributed by atoms with van der Waals surface area (Å²) in [6.45, 7) is 5.22. The van der Waals surface area contributed by atoms with Gasteiger partial charge in [-0.05, 0) is 5.41 Å². The van der Waals surface area contributed by atoms with E-state index in [0.29, 0.717) is 0 Å². The number of rotatable bonds is 1. The van der Waals surface area contributed by atoms with Crippen LogP contribution in [0, 0.1) is 11.3 Å². The van der Waals surface area contributed by atoms with Gasteiger partial charge in [-0.3, -0.25) is 0 Å². The van der Waals surface area contributed by atoms with Crippen molar-refractivity contribution in [3.8, 4) is 0 Å². The molecule has 0 aromatic rings. The van der Waals surface area contributed by atoms with E-state index in [-0.39, 0.29) is 0 Å². The topological polar surface area (TPSA) is 107 Å². The van der Waals surface area contributed by atoms with Crippen LogP contribution in [0.1, 0.15) is 20.8 Å². The van der Waals surface area contributed by atoms with Crippen molar-refractivity contribution in [2.45, 2.75) is 45.4 Å². The Hall–Kier alpha value is -0.690. The summed E-state index contributed by atoms with van der Waals surface area (Å²) in [5.74, 6) is -2.05. The fraction of sp³-hybridized carbons (Fsp3) is 0.900. The molecule has 0 spiro atoms. The van der Waals surface area contributed by atoms with Crippen LogP contribution in [0.3, 0.4) is 0 Å². The first-order valence-electron chi connectivity index (χ1n) is 5.08. The molecule has 94 valence electrons. The summed E-state index contributed by atoms with van der Waals surface area (Å²) in [6, 6.07) is 0. The predicted octanol–water partition coefficient (Wildman–Crippen LogP) is -0.828. The average molecular weight is 234 g/mol. The highest BCUT2D eigenvalue weighted by Crippen LogP contribution is 2.38. The van der Waals surface area contributed by atoms with E-state index in [1.807, 2.05) is 0 Å². The van der Waals surface area contributed by atoms with Crippen molar-refractivity contribution < 1.29 is 30.0 Å². The Balaban J connectivity index is 3.03. The minimum absolute atomic E-state index is 0.566. The first-order chi connectivity index (χ1) is 7.16. The van der Waals surface area contributed by atoms with Gasteiger partial charge in [0.05, 0.1) is 6.10 Å². The van der Waals surface area contributed by atoms with E-state index in [1.165, 1.54) is 0 Å². The van der Waals surface area contributed by atoms with E-state index in [9.17, 15) is 20.1 Å². The van der Waals surface area contributed by atoms with E-state index in [4.69, 9.17) is 9.84 Å². The lowest BCUT2D eigenvalue weighted by atomic mass is 9.71. The highest BCUT2D eigenvalue weighted by atomic mass is 16.6.